The highest BCUT2D eigenvalue weighted by atomic mass is 16.5. The molecule has 0 amide bonds. The van der Waals surface area contributed by atoms with Gasteiger partial charge in [0.25, 0.3) is 0 Å². The Morgan fingerprint density at radius 3 is 2.60 bits per heavy atom. The maximum atomic E-state index is 9.45. The minimum Gasteiger partial charge on any atom is -0.458 e. The van der Waals surface area contributed by atoms with E-state index in [-0.39, 0.29) is 30.0 Å². The molecule has 2 heterocycles. The third-order valence-electron chi connectivity index (χ3n) is 4.15. The average molecular weight is 270 g/mol. The number of nitrogens with one attached hydrogen (secondary N) is 2. The molecule has 1 saturated heterocycles. The van der Waals surface area contributed by atoms with Gasteiger partial charge in [-0.25, -0.2) is 5.43 Å². The topological polar surface area (TPSA) is 83.1 Å². The summed E-state index contributed by atoms with van der Waals surface area (Å²) < 4.78 is 5.62. The van der Waals surface area contributed by atoms with E-state index in [2.05, 4.69) is 48.1 Å². The zero-order valence-electron chi connectivity index (χ0n) is 11.6. The number of nitrogens with two attached hydrogens (primary N) is 1. The van der Waals surface area contributed by atoms with Crippen LogP contribution < -0.4 is 16.6 Å². The van der Waals surface area contributed by atoms with Crippen molar-refractivity contribution in [3.63, 3.8) is 0 Å². The Bertz CT molecular complexity index is 587. The molecule has 1 aromatic rings. The first-order valence-electron chi connectivity index (χ1n) is 6.76. The monoisotopic (exact) mass is 270 g/mol. The average Bonchev–Trinajstić information content (AvgIpc) is 2.79. The number of hydrazine groups is 1. The van der Waals surface area contributed by atoms with E-state index >= 15 is 0 Å². The number of hydrogen-bond donors (Lipinski definition) is 3. The van der Waals surface area contributed by atoms with Gasteiger partial charge >= 0.3 is 0 Å². The minimum absolute atomic E-state index is 0.0446. The molecule has 1 aromatic carbocycles. The lowest BCUT2D eigenvalue weighted by Crippen LogP contribution is -2.41. The van der Waals surface area contributed by atoms with Crippen LogP contribution in [0.25, 0.3) is 0 Å². The van der Waals surface area contributed by atoms with Crippen molar-refractivity contribution in [1.29, 1.82) is 5.26 Å². The van der Waals surface area contributed by atoms with Crippen molar-refractivity contribution in [1.82, 2.24) is 10.9 Å². The van der Waals surface area contributed by atoms with Crippen molar-refractivity contribution in [2.24, 2.45) is 11.7 Å². The summed E-state index contributed by atoms with van der Waals surface area (Å²) in [5.41, 5.74) is 15.0. The van der Waals surface area contributed by atoms with Gasteiger partial charge in [0, 0.05) is 17.9 Å². The highest BCUT2D eigenvalue weighted by Gasteiger charge is 2.46. The first-order chi connectivity index (χ1) is 9.61. The van der Waals surface area contributed by atoms with Crippen LogP contribution >= 0.6 is 0 Å². The molecule has 5 nitrogen and oxygen atoms in total. The smallest absolute Gasteiger partial charge is 0.200 e. The first-order valence-corrected chi connectivity index (χ1v) is 6.76. The van der Waals surface area contributed by atoms with Gasteiger partial charge in [0.2, 0.25) is 5.88 Å². The SMILES string of the molecule is Cc1ccc(C2C(C#N)=C(N)OC3NNC(C)C32)cc1. The second kappa shape index (κ2) is 4.82. The number of hydrogen-bond acceptors (Lipinski definition) is 5. The Morgan fingerprint density at radius 1 is 1.25 bits per heavy atom. The van der Waals surface area contributed by atoms with Crippen LogP contribution in [0.2, 0.25) is 0 Å². The van der Waals surface area contributed by atoms with Crippen LogP contribution in [0.3, 0.4) is 0 Å². The van der Waals surface area contributed by atoms with E-state index in [1.807, 2.05) is 6.92 Å². The number of fused-ring (bicyclic) bond motifs is 1. The molecular formula is C15H18N4O. The van der Waals surface area contributed by atoms with E-state index in [1.165, 1.54) is 5.56 Å². The normalized spacial score (nSPS) is 32.5. The molecule has 0 spiro atoms. The van der Waals surface area contributed by atoms with E-state index in [0.29, 0.717) is 5.57 Å². The van der Waals surface area contributed by atoms with Gasteiger partial charge in [0.15, 0.2) is 6.23 Å². The van der Waals surface area contributed by atoms with Gasteiger partial charge in [-0.3, -0.25) is 5.43 Å². The zero-order valence-corrected chi connectivity index (χ0v) is 11.6. The quantitative estimate of drug-likeness (QED) is 0.715. The highest BCUT2D eigenvalue weighted by Crippen LogP contribution is 2.42. The standard InChI is InChI=1S/C15H18N4O/c1-8-3-5-10(6-4-8)13-11(7-16)14(17)20-15-12(13)9(2)18-19-15/h3-6,9,12-13,15,18-19H,17H2,1-2H3. The number of nitrogens with zero attached hydrogens (tertiary/aromatic N) is 1. The summed E-state index contributed by atoms with van der Waals surface area (Å²) in [5.74, 6) is 0.319. The van der Waals surface area contributed by atoms with Crippen molar-refractivity contribution in [2.45, 2.75) is 32.0 Å². The molecule has 1 fully saturated rings. The molecule has 2 aliphatic rings. The molecule has 0 radical (unpaired) electrons. The van der Waals surface area contributed by atoms with Crippen LogP contribution in [-0.2, 0) is 4.74 Å². The predicted molar refractivity (Wildman–Crippen MR) is 74.8 cm³/mol. The molecule has 0 aromatic heterocycles. The Kier molecular flexibility index (Phi) is 3.13. The fraction of sp³-hybridized carbons (Fsp3) is 0.400. The Labute approximate surface area is 118 Å². The van der Waals surface area contributed by atoms with Gasteiger partial charge < -0.3 is 10.5 Å². The summed E-state index contributed by atoms with van der Waals surface area (Å²) >= 11 is 0. The lowest BCUT2D eigenvalue weighted by atomic mass is 9.76. The van der Waals surface area contributed by atoms with Gasteiger partial charge in [0.1, 0.15) is 6.07 Å². The lowest BCUT2D eigenvalue weighted by molar-refractivity contribution is 0.0351. The fourth-order valence-electron chi connectivity index (χ4n) is 3.07. The van der Waals surface area contributed by atoms with Gasteiger partial charge in [0.05, 0.1) is 5.57 Å². The molecule has 104 valence electrons. The molecule has 0 aliphatic carbocycles. The van der Waals surface area contributed by atoms with Crippen LogP contribution in [0.4, 0.5) is 0 Å². The van der Waals surface area contributed by atoms with E-state index in [9.17, 15) is 5.26 Å². The summed E-state index contributed by atoms with van der Waals surface area (Å²) in [6.07, 6.45) is -0.201. The van der Waals surface area contributed by atoms with Crippen LogP contribution in [-0.4, -0.2) is 12.3 Å². The third kappa shape index (κ3) is 1.94. The first kappa shape index (κ1) is 13.0. The molecule has 2 aliphatic heterocycles. The predicted octanol–water partition coefficient (Wildman–Crippen LogP) is 1.24. The maximum absolute atomic E-state index is 9.45. The van der Waals surface area contributed by atoms with Gasteiger partial charge in [-0.2, -0.15) is 5.26 Å². The number of nitriles is 1. The second-order valence-electron chi connectivity index (χ2n) is 5.47. The molecular weight excluding hydrogens is 252 g/mol. The number of allylic oxidation sites excluding steroid dienone is 1. The molecule has 5 heteroatoms. The van der Waals surface area contributed by atoms with Gasteiger partial charge in [-0.15, -0.1) is 0 Å². The van der Waals surface area contributed by atoms with E-state index in [1.54, 1.807) is 0 Å². The van der Waals surface area contributed by atoms with Crippen molar-refractivity contribution < 1.29 is 4.74 Å². The summed E-state index contributed by atoms with van der Waals surface area (Å²) in [6, 6.07) is 10.7. The van der Waals surface area contributed by atoms with Crippen molar-refractivity contribution in [2.75, 3.05) is 0 Å². The number of ether oxygens (including phenoxy) is 1. The number of benzene rings is 1. The molecule has 20 heavy (non-hydrogen) atoms. The van der Waals surface area contributed by atoms with Crippen molar-refractivity contribution in [3.8, 4) is 6.07 Å². The fourth-order valence-corrected chi connectivity index (χ4v) is 3.07. The van der Waals surface area contributed by atoms with Crippen LogP contribution in [0, 0.1) is 24.2 Å². The molecule has 4 unspecified atom stereocenters. The van der Waals surface area contributed by atoms with E-state index < -0.39 is 0 Å². The van der Waals surface area contributed by atoms with Crippen LogP contribution in [0.15, 0.2) is 35.7 Å². The maximum Gasteiger partial charge on any atom is 0.200 e. The van der Waals surface area contributed by atoms with E-state index in [0.717, 1.165) is 5.56 Å². The van der Waals surface area contributed by atoms with E-state index in [4.69, 9.17) is 10.5 Å². The minimum atomic E-state index is -0.201. The summed E-state index contributed by atoms with van der Waals surface area (Å²) in [5, 5.41) is 9.45. The number of rotatable bonds is 1. The Balaban J connectivity index is 2.09. The van der Waals surface area contributed by atoms with Crippen LogP contribution in [0.5, 0.6) is 0 Å². The summed E-state index contributed by atoms with van der Waals surface area (Å²) in [4.78, 5) is 0. The summed E-state index contributed by atoms with van der Waals surface area (Å²) in [7, 11) is 0. The van der Waals surface area contributed by atoms with Gasteiger partial charge in [-0.05, 0) is 19.4 Å². The second-order valence-corrected chi connectivity index (χ2v) is 5.47. The van der Waals surface area contributed by atoms with Crippen molar-refractivity contribution in [3.05, 3.63) is 46.8 Å². The van der Waals surface area contributed by atoms with Crippen molar-refractivity contribution >= 4 is 0 Å². The zero-order chi connectivity index (χ0) is 14.3. The Hall–Kier alpha value is -2.03. The third-order valence-corrected chi connectivity index (χ3v) is 4.15. The molecule has 3 rings (SSSR count). The molecule has 0 bridgehead atoms. The van der Waals surface area contributed by atoms with Gasteiger partial charge in [-0.1, -0.05) is 29.8 Å². The largest absolute Gasteiger partial charge is 0.458 e. The molecule has 4 N–H and O–H groups in total. The summed E-state index contributed by atoms with van der Waals surface area (Å²) in [6.45, 7) is 4.13. The highest BCUT2D eigenvalue weighted by molar-refractivity contribution is 5.42. The molecule has 4 atom stereocenters. The Morgan fingerprint density at radius 2 is 1.95 bits per heavy atom. The molecule has 0 saturated carbocycles. The van der Waals surface area contributed by atoms with Crippen LogP contribution in [0.1, 0.15) is 24.0 Å². The number of aryl methyl sites for hydroxylation is 1. The lowest BCUT2D eigenvalue weighted by Gasteiger charge is -2.35.